The molecule has 0 radical (unpaired) electrons. The SMILES string of the molecule is Cc1cccc(CNC(=O)c2cc(Nc3ccc4c(c3)OCCO4)ccn2)c1. The number of nitrogens with zero attached hydrogens (tertiary/aromatic N) is 1. The van der Waals surface area contributed by atoms with Gasteiger partial charge in [0.1, 0.15) is 18.9 Å². The van der Waals surface area contributed by atoms with Crippen LogP contribution < -0.4 is 20.1 Å². The average Bonchev–Trinajstić information content (AvgIpc) is 2.72. The number of rotatable bonds is 5. The molecule has 0 saturated carbocycles. The lowest BCUT2D eigenvalue weighted by Crippen LogP contribution is -2.23. The Morgan fingerprint density at radius 3 is 2.68 bits per heavy atom. The molecule has 28 heavy (non-hydrogen) atoms. The van der Waals surface area contributed by atoms with E-state index in [1.165, 1.54) is 0 Å². The van der Waals surface area contributed by atoms with Gasteiger partial charge in [0.25, 0.3) is 5.91 Å². The number of carbonyl (C=O) groups is 1. The quantitative estimate of drug-likeness (QED) is 0.709. The van der Waals surface area contributed by atoms with E-state index in [0.717, 1.165) is 28.3 Å². The largest absolute Gasteiger partial charge is 0.486 e. The van der Waals surface area contributed by atoms with Crippen LogP contribution in [0.25, 0.3) is 0 Å². The first-order valence-electron chi connectivity index (χ1n) is 9.14. The number of benzene rings is 2. The zero-order valence-corrected chi connectivity index (χ0v) is 15.6. The predicted octanol–water partition coefficient (Wildman–Crippen LogP) is 3.83. The second-order valence-electron chi connectivity index (χ2n) is 6.58. The summed E-state index contributed by atoms with van der Waals surface area (Å²) in [5.41, 5.74) is 4.19. The van der Waals surface area contributed by atoms with Gasteiger partial charge < -0.3 is 20.1 Å². The van der Waals surface area contributed by atoms with Gasteiger partial charge in [-0.3, -0.25) is 9.78 Å². The van der Waals surface area contributed by atoms with Gasteiger partial charge in [-0.05, 0) is 36.8 Å². The van der Waals surface area contributed by atoms with E-state index in [4.69, 9.17) is 9.47 Å². The molecule has 2 N–H and O–H groups in total. The number of fused-ring (bicyclic) bond motifs is 1. The van der Waals surface area contributed by atoms with Crippen molar-refractivity contribution in [3.05, 3.63) is 77.6 Å². The number of aromatic nitrogens is 1. The van der Waals surface area contributed by atoms with Crippen molar-refractivity contribution in [1.82, 2.24) is 10.3 Å². The van der Waals surface area contributed by atoms with E-state index in [-0.39, 0.29) is 5.91 Å². The Labute approximate surface area is 163 Å². The number of hydrogen-bond donors (Lipinski definition) is 2. The maximum absolute atomic E-state index is 12.5. The molecule has 6 heteroatoms. The molecule has 1 amide bonds. The molecule has 0 unspecified atom stereocenters. The zero-order chi connectivity index (χ0) is 19.3. The highest BCUT2D eigenvalue weighted by Crippen LogP contribution is 2.33. The molecule has 3 aromatic rings. The highest BCUT2D eigenvalue weighted by atomic mass is 16.6. The van der Waals surface area contributed by atoms with Gasteiger partial charge in [-0.25, -0.2) is 0 Å². The lowest BCUT2D eigenvalue weighted by Gasteiger charge is -2.19. The first-order valence-corrected chi connectivity index (χ1v) is 9.14. The smallest absolute Gasteiger partial charge is 0.270 e. The molecule has 2 aromatic carbocycles. The maximum atomic E-state index is 12.5. The van der Waals surface area contributed by atoms with Crippen LogP contribution in [0.3, 0.4) is 0 Å². The van der Waals surface area contributed by atoms with Crippen LogP contribution in [0.15, 0.2) is 60.8 Å². The molecule has 4 rings (SSSR count). The molecule has 0 saturated heterocycles. The lowest BCUT2D eigenvalue weighted by atomic mass is 10.1. The van der Waals surface area contributed by atoms with Crippen molar-refractivity contribution in [1.29, 1.82) is 0 Å². The van der Waals surface area contributed by atoms with Crippen molar-refractivity contribution in [2.45, 2.75) is 13.5 Å². The maximum Gasteiger partial charge on any atom is 0.270 e. The van der Waals surface area contributed by atoms with Gasteiger partial charge >= 0.3 is 0 Å². The number of nitrogens with one attached hydrogen (secondary N) is 2. The molecule has 0 fully saturated rings. The Balaban J connectivity index is 1.43. The predicted molar refractivity (Wildman–Crippen MR) is 107 cm³/mol. The van der Waals surface area contributed by atoms with Crippen molar-refractivity contribution < 1.29 is 14.3 Å². The third kappa shape index (κ3) is 4.23. The average molecular weight is 375 g/mol. The molecule has 6 nitrogen and oxygen atoms in total. The summed E-state index contributed by atoms with van der Waals surface area (Å²) in [4.78, 5) is 16.6. The minimum absolute atomic E-state index is 0.215. The molecule has 0 atom stereocenters. The standard InChI is InChI=1S/C22H21N3O3/c1-15-3-2-4-16(11-15)14-24-22(26)19-12-18(7-8-23-19)25-17-5-6-20-21(13-17)28-10-9-27-20/h2-8,11-13H,9-10,14H2,1H3,(H,23,25)(H,24,26). The summed E-state index contributed by atoms with van der Waals surface area (Å²) in [5, 5.41) is 6.18. The van der Waals surface area contributed by atoms with Crippen molar-refractivity contribution >= 4 is 17.3 Å². The van der Waals surface area contributed by atoms with Crippen molar-refractivity contribution in [3.63, 3.8) is 0 Å². The molecular weight excluding hydrogens is 354 g/mol. The molecule has 0 aliphatic carbocycles. The molecule has 1 aliphatic rings. The van der Waals surface area contributed by atoms with Crippen molar-refractivity contribution in [2.75, 3.05) is 18.5 Å². The summed E-state index contributed by atoms with van der Waals surface area (Å²) < 4.78 is 11.1. The third-order valence-corrected chi connectivity index (χ3v) is 4.36. The zero-order valence-electron chi connectivity index (χ0n) is 15.6. The fourth-order valence-electron chi connectivity index (χ4n) is 3.02. The highest BCUT2D eigenvalue weighted by Gasteiger charge is 2.12. The van der Waals surface area contributed by atoms with Crippen molar-refractivity contribution in [3.8, 4) is 11.5 Å². The summed E-state index contributed by atoms with van der Waals surface area (Å²) in [6, 6.07) is 17.2. The molecular formula is C22H21N3O3. The van der Waals surface area contributed by atoms with Crippen LogP contribution in [0.1, 0.15) is 21.6 Å². The van der Waals surface area contributed by atoms with E-state index in [9.17, 15) is 4.79 Å². The normalized spacial score (nSPS) is 12.3. The van der Waals surface area contributed by atoms with Crippen LogP contribution in [-0.2, 0) is 6.54 Å². The van der Waals surface area contributed by atoms with E-state index in [0.29, 0.717) is 31.2 Å². The van der Waals surface area contributed by atoms with Crippen LogP contribution in [-0.4, -0.2) is 24.1 Å². The van der Waals surface area contributed by atoms with E-state index in [2.05, 4.69) is 15.6 Å². The molecule has 0 spiro atoms. The van der Waals surface area contributed by atoms with Crippen LogP contribution >= 0.6 is 0 Å². The van der Waals surface area contributed by atoms with Crippen molar-refractivity contribution in [2.24, 2.45) is 0 Å². The van der Waals surface area contributed by atoms with Gasteiger partial charge in [0.15, 0.2) is 11.5 Å². The number of carbonyl (C=O) groups excluding carboxylic acids is 1. The highest BCUT2D eigenvalue weighted by molar-refractivity contribution is 5.93. The monoisotopic (exact) mass is 375 g/mol. The number of pyridine rings is 1. The number of amides is 1. The summed E-state index contributed by atoms with van der Waals surface area (Å²) in [5.74, 6) is 1.23. The second kappa shape index (κ2) is 8.00. The van der Waals surface area contributed by atoms with Gasteiger partial charge in [-0.2, -0.15) is 0 Å². The fourth-order valence-corrected chi connectivity index (χ4v) is 3.02. The summed E-state index contributed by atoms with van der Waals surface area (Å²) in [6.45, 7) is 3.59. The van der Waals surface area contributed by atoms with Crippen LogP contribution in [0.5, 0.6) is 11.5 Å². The first kappa shape index (κ1) is 17.9. The van der Waals surface area contributed by atoms with Gasteiger partial charge in [0, 0.05) is 30.2 Å². The van der Waals surface area contributed by atoms with Crippen LogP contribution in [0.2, 0.25) is 0 Å². The Bertz CT molecular complexity index is 1000. The number of hydrogen-bond acceptors (Lipinski definition) is 5. The fraction of sp³-hybridized carbons (Fsp3) is 0.182. The number of aryl methyl sites for hydroxylation is 1. The second-order valence-corrected chi connectivity index (χ2v) is 6.58. The topological polar surface area (TPSA) is 72.5 Å². The van der Waals surface area contributed by atoms with Gasteiger partial charge in [-0.15, -0.1) is 0 Å². The van der Waals surface area contributed by atoms with E-state index in [1.54, 1.807) is 12.3 Å². The first-order chi connectivity index (χ1) is 13.7. The Morgan fingerprint density at radius 1 is 1.00 bits per heavy atom. The summed E-state index contributed by atoms with van der Waals surface area (Å²) in [7, 11) is 0. The molecule has 2 heterocycles. The molecule has 1 aliphatic heterocycles. The molecule has 1 aromatic heterocycles. The Hall–Kier alpha value is -3.54. The molecule has 142 valence electrons. The Morgan fingerprint density at radius 2 is 1.82 bits per heavy atom. The minimum Gasteiger partial charge on any atom is -0.486 e. The summed E-state index contributed by atoms with van der Waals surface area (Å²) in [6.07, 6.45) is 1.61. The van der Waals surface area contributed by atoms with E-state index >= 15 is 0 Å². The molecule has 0 bridgehead atoms. The third-order valence-electron chi connectivity index (χ3n) is 4.36. The lowest BCUT2D eigenvalue weighted by molar-refractivity contribution is 0.0946. The summed E-state index contributed by atoms with van der Waals surface area (Å²) >= 11 is 0. The van der Waals surface area contributed by atoms with Gasteiger partial charge in [0.2, 0.25) is 0 Å². The van der Waals surface area contributed by atoms with Crippen LogP contribution in [0, 0.1) is 6.92 Å². The number of anilines is 2. The minimum atomic E-state index is -0.215. The van der Waals surface area contributed by atoms with E-state index in [1.807, 2.05) is 55.5 Å². The number of ether oxygens (including phenoxy) is 2. The van der Waals surface area contributed by atoms with E-state index < -0.39 is 0 Å². The van der Waals surface area contributed by atoms with Gasteiger partial charge in [0.05, 0.1) is 0 Å². The van der Waals surface area contributed by atoms with Gasteiger partial charge in [-0.1, -0.05) is 29.8 Å². The van der Waals surface area contributed by atoms with Crippen LogP contribution in [0.4, 0.5) is 11.4 Å². The Kier molecular flexibility index (Phi) is 5.10.